The standard InChI is InChI=1S/C9H9BrClF2N/c10-6-2-1-3-7(11)5(6)4-8(14)9(12)13/h1-3,8-9H,4,14H2. The smallest absolute Gasteiger partial charge is 0.253 e. The van der Waals surface area contributed by atoms with E-state index >= 15 is 0 Å². The Morgan fingerprint density at radius 3 is 2.57 bits per heavy atom. The van der Waals surface area contributed by atoms with E-state index in [0.717, 1.165) is 0 Å². The third-order valence-electron chi connectivity index (χ3n) is 1.83. The first-order valence-electron chi connectivity index (χ1n) is 3.99. The van der Waals surface area contributed by atoms with Gasteiger partial charge >= 0.3 is 0 Å². The van der Waals surface area contributed by atoms with E-state index in [1.165, 1.54) is 0 Å². The van der Waals surface area contributed by atoms with Crippen molar-refractivity contribution in [3.8, 4) is 0 Å². The molecule has 0 saturated carbocycles. The molecule has 0 aromatic heterocycles. The fraction of sp³-hybridized carbons (Fsp3) is 0.333. The zero-order valence-electron chi connectivity index (χ0n) is 7.18. The summed E-state index contributed by atoms with van der Waals surface area (Å²) in [5, 5.41) is 0.454. The molecule has 1 rings (SSSR count). The minimum atomic E-state index is -2.53. The Balaban J connectivity index is 2.85. The zero-order chi connectivity index (χ0) is 10.7. The minimum absolute atomic E-state index is 0.0674. The third-order valence-corrected chi connectivity index (χ3v) is 2.92. The Hall–Kier alpha value is -0.190. The topological polar surface area (TPSA) is 26.0 Å². The summed E-state index contributed by atoms with van der Waals surface area (Å²) in [4.78, 5) is 0. The molecule has 0 aliphatic heterocycles. The SMILES string of the molecule is NC(Cc1c(Cl)cccc1Br)C(F)F. The predicted octanol–water partition coefficient (Wildman–Crippen LogP) is 3.24. The highest BCUT2D eigenvalue weighted by Gasteiger charge is 2.18. The lowest BCUT2D eigenvalue weighted by molar-refractivity contribution is 0.116. The van der Waals surface area contributed by atoms with Gasteiger partial charge in [-0.25, -0.2) is 8.78 Å². The molecule has 0 spiro atoms. The van der Waals surface area contributed by atoms with Crippen LogP contribution in [0.4, 0.5) is 8.78 Å². The molecule has 14 heavy (non-hydrogen) atoms. The van der Waals surface area contributed by atoms with Crippen molar-refractivity contribution >= 4 is 27.5 Å². The van der Waals surface area contributed by atoms with Crippen molar-refractivity contribution in [3.05, 3.63) is 33.3 Å². The molecule has 0 amide bonds. The summed E-state index contributed by atoms with van der Waals surface area (Å²) in [5.74, 6) is 0. The highest BCUT2D eigenvalue weighted by atomic mass is 79.9. The highest BCUT2D eigenvalue weighted by Crippen LogP contribution is 2.26. The molecule has 1 aromatic rings. The van der Waals surface area contributed by atoms with Gasteiger partial charge in [-0.2, -0.15) is 0 Å². The van der Waals surface area contributed by atoms with Gasteiger partial charge in [-0.3, -0.25) is 0 Å². The van der Waals surface area contributed by atoms with E-state index in [9.17, 15) is 8.78 Å². The second-order valence-corrected chi connectivity index (χ2v) is 4.16. The van der Waals surface area contributed by atoms with E-state index in [1.807, 2.05) is 0 Å². The van der Waals surface area contributed by atoms with Crippen LogP contribution in [0.1, 0.15) is 5.56 Å². The fourth-order valence-corrected chi connectivity index (χ4v) is 1.95. The maximum Gasteiger partial charge on any atom is 0.253 e. The Bertz CT molecular complexity index is 299. The van der Waals surface area contributed by atoms with Crippen LogP contribution >= 0.6 is 27.5 Å². The number of alkyl halides is 2. The average Bonchev–Trinajstić information content (AvgIpc) is 2.11. The van der Waals surface area contributed by atoms with Gasteiger partial charge in [-0.1, -0.05) is 33.6 Å². The van der Waals surface area contributed by atoms with Crippen molar-refractivity contribution in [2.75, 3.05) is 0 Å². The normalized spacial score (nSPS) is 13.3. The lowest BCUT2D eigenvalue weighted by Gasteiger charge is -2.12. The van der Waals surface area contributed by atoms with E-state index in [4.69, 9.17) is 17.3 Å². The summed E-state index contributed by atoms with van der Waals surface area (Å²) in [5.41, 5.74) is 5.88. The molecular formula is C9H9BrClF2N. The number of benzene rings is 1. The first-order chi connectivity index (χ1) is 6.52. The summed E-state index contributed by atoms with van der Waals surface area (Å²) >= 11 is 9.09. The van der Waals surface area contributed by atoms with Crippen LogP contribution in [0.3, 0.4) is 0 Å². The summed E-state index contributed by atoms with van der Waals surface area (Å²) < 4.78 is 25.1. The second kappa shape index (κ2) is 5.05. The molecule has 0 radical (unpaired) electrons. The number of nitrogens with two attached hydrogens (primary N) is 1. The van der Waals surface area contributed by atoms with Gasteiger partial charge in [0.25, 0.3) is 6.43 Å². The van der Waals surface area contributed by atoms with Crippen LogP contribution < -0.4 is 5.73 Å². The monoisotopic (exact) mass is 283 g/mol. The Morgan fingerprint density at radius 2 is 2.07 bits per heavy atom. The van der Waals surface area contributed by atoms with Crippen LogP contribution in [0.5, 0.6) is 0 Å². The first-order valence-corrected chi connectivity index (χ1v) is 5.16. The van der Waals surface area contributed by atoms with Crippen molar-refractivity contribution in [1.29, 1.82) is 0 Å². The molecule has 0 heterocycles. The Morgan fingerprint density at radius 1 is 1.43 bits per heavy atom. The number of hydrogen-bond donors (Lipinski definition) is 1. The van der Waals surface area contributed by atoms with Gasteiger partial charge in [0.1, 0.15) is 0 Å². The van der Waals surface area contributed by atoms with Crippen LogP contribution in [0, 0.1) is 0 Å². The number of rotatable bonds is 3. The molecular weight excluding hydrogens is 275 g/mol. The van der Waals surface area contributed by atoms with Gasteiger partial charge in [0.15, 0.2) is 0 Å². The van der Waals surface area contributed by atoms with Gasteiger partial charge in [0.2, 0.25) is 0 Å². The van der Waals surface area contributed by atoms with Crippen molar-refractivity contribution in [2.45, 2.75) is 18.9 Å². The molecule has 0 bridgehead atoms. The zero-order valence-corrected chi connectivity index (χ0v) is 9.52. The molecule has 5 heteroatoms. The van der Waals surface area contributed by atoms with Gasteiger partial charge in [0.05, 0.1) is 6.04 Å². The van der Waals surface area contributed by atoms with E-state index in [1.54, 1.807) is 18.2 Å². The molecule has 1 nitrogen and oxygen atoms in total. The molecule has 1 aromatic carbocycles. The van der Waals surface area contributed by atoms with Crippen LogP contribution in [0.15, 0.2) is 22.7 Å². The van der Waals surface area contributed by atoms with Crippen molar-refractivity contribution in [2.24, 2.45) is 5.73 Å². The fourth-order valence-electron chi connectivity index (χ4n) is 1.05. The summed E-state index contributed by atoms with van der Waals surface area (Å²) in [6.07, 6.45) is -2.46. The Kier molecular flexibility index (Phi) is 4.29. The van der Waals surface area contributed by atoms with Crippen LogP contribution in [-0.4, -0.2) is 12.5 Å². The van der Waals surface area contributed by atoms with Crippen molar-refractivity contribution in [3.63, 3.8) is 0 Å². The van der Waals surface area contributed by atoms with E-state index in [-0.39, 0.29) is 6.42 Å². The molecule has 78 valence electrons. The second-order valence-electron chi connectivity index (χ2n) is 2.90. The maximum absolute atomic E-state index is 12.2. The third kappa shape index (κ3) is 2.90. The van der Waals surface area contributed by atoms with Crippen molar-refractivity contribution in [1.82, 2.24) is 0 Å². The van der Waals surface area contributed by atoms with E-state index in [2.05, 4.69) is 15.9 Å². The van der Waals surface area contributed by atoms with Crippen LogP contribution in [0.2, 0.25) is 5.02 Å². The Labute approximate surface area is 94.4 Å². The quantitative estimate of drug-likeness (QED) is 0.906. The maximum atomic E-state index is 12.2. The predicted molar refractivity (Wildman–Crippen MR) is 56.8 cm³/mol. The van der Waals surface area contributed by atoms with Gasteiger partial charge in [-0.05, 0) is 24.1 Å². The van der Waals surface area contributed by atoms with E-state index in [0.29, 0.717) is 15.1 Å². The lowest BCUT2D eigenvalue weighted by Crippen LogP contribution is -2.31. The van der Waals surface area contributed by atoms with Gasteiger partial charge in [-0.15, -0.1) is 0 Å². The highest BCUT2D eigenvalue weighted by molar-refractivity contribution is 9.10. The molecule has 1 atom stereocenters. The van der Waals surface area contributed by atoms with Gasteiger partial charge in [0, 0.05) is 9.50 Å². The van der Waals surface area contributed by atoms with Crippen LogP contribution in [-0.2, 0) is 6.42 Å². The number of hydrogen-bond acceptors (Lipinski definition) is 1. The molecule has 0 saturated heterocycles. The molecule has 2 N–H and O–H groups in total. The van der Waals surface area contributed by atoms with Crippen molar-refractivity contribution < 1.29 is 8.78 Å². The first kappa shape index (κ1) is 11.9. The number of halogens is 4. The molecule has 1 unspecified atom stereocenters. The van der Waals surface area contributed by atoms with E-state index < -0.39 is 12.5 Å². The summed E-state index contributed by atoms with van der Waals surface area (Å²) in [6, 6.07) is 3.97. The molecule has 0 fully saturated rings. The summed E-state index contributed by atoms with van der Waals surface area (Å²) in [6.45, 7) is 0. The largest absolute Gasteiger partial charge is 0.323 e. The molecule has 0 aliphatic carbocycles. The van der Waals surface area contributed by atoms with Crippen LogP contribution in [0.25, 0.3) is 0 Å². The lowest BCUT2D eigenvalue weighted by atomic mass is 10.1. The molecule has 0 aliphatic rings. The van der Waals surface area contributed by atoms with Gasteiger partial charge < -0.3 is 5.73 Å². The average molecular weight is 285 g/mol. The minimum Gasteiger partial charge on any atom is -0.323 e. The summed E-state index contributed by atoms with van der Waals surface area (Å²) in [7, 11) is 0.